The SMILES string of the molecule is CC(CNC(C)c1cc(Cl)ccc1Cl)NC(=O)OC(C)(C)C. The summed E-state index contributed by atoms with van der Waals surface area (Å²) in [6.07, 6.45) is -0.421. The molecule has 1 aromatic rings. The fraction of sp³-hybridized carbons (Fsp3) is 0.562. The van der Waals surface area contributed by atoms with Crippen LogP contribution in [-0.2, 0) is 4.74 Å². The van der Waals surface area contributed by atoms with Crippen molar-refractivity contribution in [3.63, 3.8) is 0 Å². The third-order valence-electron chi connectivity index (χ3n) is 2.92. The minimum atomic E-state index is -0.501. The summed E-state index contributed by atoms with van der Waals surface area (Å²) in [4.78, 5) is 11.7. The molecule has 0 radical (unpaired) electrons. The molecule has 1 aromatic carbocycles. The van der Waals surface area contributed by atoms with Crippen LogP contribution in [0.2, 0.25) is 10.0 Å². The van der Waals surface area contributed by atoms with Crippen molar-refractivity contribution >= 4 is 29.3 Å². The lowest BCUT2D eigenvalue weighted by molar-refractivity contribution is 0.0507. The molecule has 0 aliphatic carbocycles. The Kier molecular flexibility index (Phi) is 6.98. The van der Waals surface area contributed by atoms with Crippen molar-refractivity contribution in [2.24, 2.45) is 0 Å². The summed E-state index contributed by atoms with van der Waals surface area (Å²) >= 11 is 12.2. The maximum Gasteiger partial charge on any atom is 0.407 e. The van der Waals surface area contributed by atoms with E-state index in [1.807, 2.05) is 40.7 Å². The van der Waals surface area contributed by atoms with Gasteiger partial charge >= 0.3 is 6.09 Å². The topological polar surface area (TPSA) is 50.4 Å². The largest absolute Gasteiger partial charge is 0.444 e. The molecule has 0 spiro atoms. The summed E-state index contributed by atoms with van der Waals surface area (Å²) < 4.78 is 5.22. The number of amides is 1. The predicted molar refractivity (Wildman–Crippen MR) is 91.7 cm³/mol. The highest BCUT2D eigenvalue weighted by Gasteiger charge is 2.18. The molecular weight excluding hydrogens is 323 g/mol. The quantitative estimate of drug-likeness (QED) is 0.821. The molecule has 2 N–H and O–H groups in total. The Balaban J connectivity index is 2.48. The first kappa shape index (κ1) is 19.1. The van der Waals surface area contributed by atoms with E-state index in [1.165, 1.54) is 0 Å². The lowest BCUT2D eigenvalue weighted by Crippen LogP contribution is -2.43. The zero-order valence-electron chi connectivity index (χ0n) is 13.7. The number of benzene rings is 1. The zero-order valence-corrected chi connectivity index (χ0v) is 15.2. The van der Waals surface area contributed by atoms with Gasteiger partial charge in [0.05, 0.1) is 0 Å². The van der Waals surface area contributed by atoms with E-state index in [9.17, 15) is 4.79 Å². The molecule has 22 heavy (non-hydrogen) atoms. The molecule has 0 heterocycles. The normalized spacial score (nSPS) is 14.3. The maximum atomic E-state index is 11.7. The van der Waals surface area contributed by atoms with Crippen LogP contribution in [0.15, 0.2) is 18.2 Å². The van der Waals surface area contributed by atoms with Crippen LogP contribution in [0.3, 0.4) is 0 Å². The fourth-order valence-corrected chi connectivity index (χ4v) is 2.33. The van der Waals surface area contributed by atoms with E-state index in [0.29, 0.717) is 16.6 Å². The molecule has 0 aromatic heterocycles. The second-order valence-corrected chi connectivity index (χ2v) is 7.19. The first-order valence-electron chi connectivity index (χ1n) is 7.26. The third kappa shape index (κ3) is 6.86. The van der Waals surface area contributed by atoms with Gasteiger partial charge in [-0.25, -0.2) is 4.79 Å². The Hall–Kier alpha value is -0.970. The number of carbonyl (C=O) groups excluding carboxylic acids is 1. The van der Waals surface area contributed by atoms with E-state index >= 15 is 0 Å². The van der Waals surface area contributed by atoms with E-state index in [2.05, 4.69) is 10.6 Å². The second kappa shape index (κ2) is 8.04. The van der Waals surface area contributed by atoms with Gasteiger partial charge in [-0.05, 0) is 58.4 Å². The van der Waals surface area contributed by atoms with Gasteiger partial charge < -0.3 is 15.4 Å². The predicted octanol–water partition coefficient (Wildman–Crippen LogP) is 4.56. The van der Waals surface area contributed by atoms with Gasteiger partial charge in [0.25, 0.3) is 0 Å². The molecule has 1 rings (SSSR count). The number of ether oxygens (including phenoxy) is 1. The Morgan fingerprint density at radius 1 is 1.27 bits per heavy atom. The number of hydrogen-bond donors (Lipinski definition) is 2. The molecule has 0 aliphatic heterocycles. The van der Waals surface area contributed by atoms with Gasteiger partial charge in [-0.2, -0.15) is 0 Å². The smallest absolute Gasteiger partial charge is 0.407 e. The molecule has 4 nitrogen and oxygen atoms in total. The standard InChI is InChI=1S/C16H24Cl2N2O2/c1-10(20-15(21)22-16(3,4)5)9-19-11(2)13-8-12(17)6-7-14(13)18/h6-8,10-11,19H,9H2,1-5H3,(H,20,21). The van der Waals surface area contributed by atoms with E-state index in [4.69, 9.17) is 27.9 Å². The monoisotopic (exact) mass is 346 g/mol. The van der Waals surface area contributed by atoms with Crippen LogP contribution in [0.25, 0.3) is 0 Å². The average Bonchev–Trinajstić information content (AvgIpc) is 2.36. The van der Waals surface area contributed by atoms with Crippen molar-refractivity contribution in [2.75, 3.05) is 6.54 Å². The summed E-state index contributed by atoms with van der Waals surface area (Å²) in [6, 6.07) is 5.32. The molecule has 0 aliphatic rings. The van der Waals surface area contributed by atoms with Crippen LogP contribution in [0.1, 0.15) is 46.2 Å². The Labute approximate surface area is 142 Å². The zero-order chi connectivity index (χ0) is 16.9. The van der Waals surface area contributed by atoms with Gasteiger partial charge in [0.1, 0.15) is 5.60 Å². The summed E-state index contributed by atoms with van der Waals surface area (Å²) in [5, 5.41) is 7.42. The molecule has 2 atom stereocenters. The van der Waals surface area contributed by atoms with Gasteiger partial charge in [0, 0.05) is 28.7 Å². The molecular formula is C16H24Cl2N2O2. The number of alkyl carbamates (subject to hydrolysis) is 1. The van der Waals surface area contributed by atoms with Gasteiger partial charge in [-0.1, -0.05) is 23.2 Å². The maximum absolute atomic E-state index is 11.7. The first-order valence-corrected chi connectivity index (χ1v) is 8.02. The summed E-state index contributed by atoms with van der Waals surface area (Å²) in [5.74, 6) is 0. The highest BCUT2D eigenvalue weighted by atomic mass is 35.5. The van der Waals surface area contributed by atoms with E-state index in [-0.39, 0.29) is 12.1 Å². The first-order chi connectivity index (χ1) is 10.1. The summed E-state index contributed by atoms with van der Waals surface area (Å²) in [5.41, 5.74) is 0.428. The molecule has 0 bridgehead atoms. The molecule has 0 saturated carbocycles. The lowest BCUT2D eigenvalue weighted by atomic mass is 10.1. The fourth-order valence-electron chi connectivity index (χ4n) is 1.87. The van der Waals surface area contributed by atoms with Crippen LogP contribution < -0.4 is 10.6 Å². The second-order valence-electron chi connectivity index (χ2n) is 6.34. The Morgan fingerprint density at radius 3 is 2.50 bits per heavy atom. The van der Waals surface area contributed by atoms with E-state index in [1.54, 1.807) is 12.1 Å². The number of hydrogen-bond acceptors (Lipinski definition) is 3. The molecule has 0 saturated heterocycles. The van der Waals surface area contributed by atoms with Gasteiger partial charge in [0.2, 0.25) is 0 Å². The molecule has 2 unspecified atom stereocenters. The van der Waals surface area contributed by atoms with Gasteiger partial charge in [0.15, 0.2) is 0 Å². The minimum Gasteiger partial charge on any atom is -0.444 e. The van der Waals surface area contributed by atoms with Crippen molar-refractivity contribution < 1.29 is 9.53 Å². The van der Waals surface area contributed by atoms with Gasteiger partial charge in [-0.3, -0.25) is 0 Å². The number of nitrogens with one attached hydrogen (secondary N) is 2. The van der Waals surface area contributed by atoms with E-state index in [0.717, 1.165) is 5.56 Å². The van der Waals surface area contributed by atoms with Crippen LogP contribution in [0, 0.1) is 0 Å². The number of halogens is 2. The number of carbonyl (C=O) groups is 1. The summed E-state index contributed by atoms with van der Waals surface area (Å²) in [6.45, 7) is 9.99. The van der Waals surface area contributed by atoms with Gasteiger partial charge in [-0.15, -0.1) is 0 Å². The van der Waals surface area contributed by atoms with Crippen molar-refractivity contribution in [3.05, 3.63) is 33.8 Å². The van der Waals surface area contributed by atoms with Crippen molar-refractivity contribution in [1.29, 1.82) is 0 Å². The molecule has 0 fully saturated rings. The van der Waals surface area contributed by atoms with Crippen molar-refractivity contribution in [3.8, 4) is 0 Å². The third-order valence-corrected chi connectivity index (χ3v) is 3.50. The van der Waals surface area contributed by atoms with Crippen LogP contribution >= 0.6 is 23.2 Å². The lowest BCUT2D eigenvalue weighted by Gasteiger charge is -2.23. The minimum absolute atomic E-state index is 0.0223. The van der Waals surface area contributed by atoms with Crippen molar-refractivity contribution in [1.82, 2.24) is 10.6 Å². The van der Waals surface area contributed by atoms with Crippen LogP contribution in [0.5, 0.6) is 0 Å². The highest BCUT2D eigenvalue weighted by molar-refractivity contribution is 6.33. The van der Waals surface area contributed by atoms with Crippen LogP contribution in [-0.4, -0.2) is 24.3 Å². The Bertz CT molecular complexity index is 515. The van der Waals surface area contributed by atoms with Crippen LogP contribution in [0.4, 0.5) is 4.79 Å². The van der Waals surface area contributed by atoms with E-state index < -0.39 is 11.7 Å². The summed E-state index contributed by atoms with van der Waals surface area (Å²) in [7, 11) is 0. The number of rotatable bonds is 5. The molecule has 124 valence electrons. The Morgan fingerprint density at radius 2 is 1.91 bits per heavy atom. The van der Waals surface area contributed by atoms with Crippen molar-refractivity contribution in [2.45, 2.75) is 52.3 Å². The highest BCUT2D eigenvalue weighted by Crippen LogP contribution is 2.26. The average molecular weight is 347 g/mol. The molecule has 6 heteroatoms. The molecule has 1 amide bonds.